The molecular weight excluding hydrogens is 698 g/mol. The minimum Gasteiger partial charge on any atom is -0.550 e. The molecule has 0 N–H and O–H groups in total. The first kappa shape index (κ1) is 58.2. The van der Waals surface area contributed by atoms with Gasteiger partial charge in [-0.15, -0.1) is 0 Å². The van der Waals surface area contributed by atoms with Crippen LogP contribution in [0.25, 0.3) is 0 Å². The maximum absolute atomic E-state index is 11.1. The minimum absolute atomic E-state index is 0. The van der Waals surface area contributed by atoms with Gasteiger partial charge in [0.1, 0.15) is 0 Å². The number of carboxylic acid groups (broad SMARTS) is 1. The molecule has 0 aromatic rings. The molecule has 0 aromatic heterocycles. The topological polar surface area (TPSA) is 43.4 Å². The van der Waals surface area contributed by atoms with Gasteiger partial charge in [0.15, 0.2) is 0 Å². The van der Waals surface area contributed by atoms with Gasteiger partial charge in [-0.2, -0.15) is 0 Å². The maximum Gasteiger partial charge on any atom is 1.00 e. The van der Waals surface area contributed by atoms with Crippen molar-refractivity contribution in [2.24, 2.45) is 0 Å². The number of aliphatic carboxylic acids is 1. The zero-order valence-electron chi connectivity index (χ0n) is 38.9. The van der Waals surface area contributed by atoms with Crippen molar-refractivity contribution in [1.29, 1.82) is 0 Å². The monoisotopic (exact) mass is 800 g/mol. The van der Waals surface area contributed by atoms with E-state index in [1.165, 1.54) is 270 Å². The molecular formula is C51H102KNO2. The van der Waals surface area contributed by atoms with Gasteiger partial charge in [0.05, 0.1) is 0 Å². The Hall–Kier alpha value is 1.07. The molecule has 0 fully saturated rings. The number of unbranched alkanes of at least 4 members (excludes halogenated alkanes) is 40. The second-order valence-electron chi connectivity index (χ2n) is 17.9. The average Bonchev–Trinajstić information content (AvgIpc) is 3.17. The van der Waals surface area contributed by atoms with Crippen molar-refractivity contribution in [2.45, 2.75) is 309 Å². The number of nitrogens with zero attached hydrogens (tertiary/aromatic N) is 1. The number of hydrogen-bond acceptors (Lipinski definition) is 3. The molecule has 0 aliphatic rings. The van der Waals surface area contributed by atoms with Gasteiger partial charge in [0, 0.05) is 12.0 Å². The predicted molar refractivity (Wildman–Crippen MR) is 241 cm³/mol. The van der Waals surface area contributed by atoms with Gasteiger partial charge in [-0.25, -0.2) is 0 Å². The summed E-state index contributed by atoms with van der Waals surface area (Å²) in [6.07, 6.45) is 60.6. The van der Waals surface area contributed by atoms with Crippen molar-refractivity contribution in [2.75, 3.05) is 13.1 Å². The molecule has 0 amide bonds. The van der Waals surface area contributed by atoms with Crippen molar-refractivity contribution in [3.8, 4) is 0 Å². The molecule has 0 spiro atoms. The normalized spacial score (nSPS) is 12.1. The van der Waals surface area contributed by atoms with E-state index < -0.39 is 5.97 Å². The van der Waals surface area contributed by atoms with Crippen LogP contribution in [0, 0.1) is 0 Å². The summed E-state index contributed by atoms with van der Waals surface area (Å²) in [7, 11) is 0. The quantitative estimate of drug-likeness (QED) is 0.0455. The van der Waals surface area contributed by atoms with Gasteiger partial charge in [0.25, 0.3) is 0 Å². The molecule has 0 aromatic carbocycles. The standard InChI is InChI=1S/C51H103NO2.K/c1-4-6-8-10-12-14-16-18-20-22-24-26-28-30-32-34-36-38-40-42-44-48-52(50(3)46-47-51(53)54)49-45-43-41-39-37-35-33-31-29-27-25-23-21-19-17-15-13-11-9-7-5-2;/h50H,4-49H2,1-3H3,(H,53,54);/q;+1/p-1. The number of hydrogen-bond donors (Lipinski definition) is 0. The first-order valence-electron chi connectivity index (χ1n) is 25.6. The number of rotatable bonds is 48. The van der Waals surface area contributed by atoms with E-state index in [9.17, 15) is 9.90 Å². The minimum atomic E-state index is -0.898. The van der Waals surface area contributed by atoms with Crippen molar-refractivity contribution >= 4 is 5.97 Å². The first-order chi connectivity index (χ1) is 26.6. The van der Waals surface area contributed by atoms with Crippen LogP contribution in [0.3, 0.4) is 0 Å². The van der Waals surface area contributed by atoms with Gasteiger partial charge in [0.2, 0.25) is 0 Å². The molecule has 0 heterocycles. The third-order valence-electron chi connectivity index (χ3n) is 12.5. The van der Waals surface area contributed by atoms with Crippen LogP contribution < -0.4 is 56.5 Å². The third-order valence-corrected chi connectivity index (χ3v) is 12.5. The first-order valence-corrected chi connectivity index (χ1v) is 25.6. The molecule has 0 rings (SSSR count). The van der Waals surface area contributed by atoms with E-state index in [1.807, 2.05) is 0 Å². The van der Waals surface area contributed by atoms with Crippen LogP contribution in [0.5, 0.6) is 0 Å². The predicted octanol–water partition coefficient (Wildman–Crippen LogP) is 13.6. The fourth-order valence-electron chi connectivity index (χ4n) is 8.56. The summed E-state index contributed by atoms with van der Waals surface area (Å²) in [5, 5.41) is 11.1. The second kappa shape index (κ2) is 51.2. The summed E-state index contributed by atoms with van der Waals surface area (Å²) in [6.45, 7) is 9.10. The zero-order valence-corrected chi connectivity index (χ0v) is 42.0. The van der Waals surface area contributed by atoms with Crippen molar-refractivity contribution in [3.05, 3.63) is 0 Å². The van der Waals surface area contributed by atoms with Gasteiger partial charge < -0.3 is 14.8 Å². The Morgan fingerprint density at radius 3 is 0.727 bits per heavy atom. The Kier molecular flexibility index (Phi) is 54.1. The molecule has 324 valence electrons. The van der Waals surface area contributed by atoms with Crippen molar-refractivity contribution in [3.63, 3.8) is 0 Å². The molecule has 0 saturated heterocycles. The van der Waals surface area contributed by atoms with Crippen LogP contribution in [-0.2, 0) is 4.79 Å². The maximum atomic E-state index is 11.1. The largest absolute Gasteiger partial charge is 1.00 e. The molecule has 0 saturated carbocycles. The van der Waals surface area contributed by atoms with Crippen LogP contribution in [0.2, 0.25) is 0 Å². The molecule has 55 heavy (non-hydrogen) atoms. The SMILES string of the molecule is CCCCCCCCCCCCCCCCCCCCCCCN(CCCCCCCCCCCCCCCCCCCCCCC)C(C)CCC(=O)[O-].[K+]. The van der Waals surface area contributed by atoms with E-state index in [4.69, 9.17) is 0 Å². The van der Waals surface area contributed by atoms with E-state index in [1.54, 1.807) is 0 Å². The zero-order chi connectivity index (χ0) is 39.3. The van der Waals surface area contributed by atoms with Gasteiger partial charge in [-0.1, -0.05) is 271 Å². The van der Waals surface area contributed by atoms with Crippen LogP contribution in [0.1, 0.15) is 303 Å². The molecule has 4 heteroatoms. The Balaban J connectivity index is 0. The van der Waals surface area contributed by atoms with E-state index in [2.05, 4.69) is 25.7 Å². The second-order valence-corrected chi connectivity index (χ2v) is 17.9. The molecule has 1 atom stereocenters. The summed E-state index contributed by atoms with van der Waals surface area (Å²) in [4.78, 5) is 13.7. The van der Waals surface area contributed by atoms with Gasteiger partial charge in [-0.05, 0) is 45.7 Å². The Morgan fingerprint density at radius 1 is 0.364 bits per heavy atom. The fraction of sp³-hybridized carbons (Fsp3) is 0.980. The fourth-order valence-corrected chi connectivity index (χ4v) is 8.56. The van der Waals surface area contributed by atoms with Gasteiger partial charge >= 0.3 is 51.4 Å². The molecule has 0 aliphatic heterocycles. The molecule has 0 radical (unpaired) electrons. The summed E-state index contributed by atoms with van der Waals surface area (Å²) >= 11 is 0. The van der Waals surface area contributed by atoms with E-state index >= 15 is 0 Å². The Bertz CT molecular complexity index is 656. The van der Waals surface area contributed by atoms with Crippen LogP contribution in [-0.4, -0.2) is 30.0 Å². The molecule has 0 bridgehead atoms. The summed E-state index contributed by atoms with van der Waals surface area (Å²) in [5.41, 5.74) is 0. The van der Waals surface area contributed by atoms with E-state index in [0.29, 0.717) is 6.04 Å². The summed E-state index contributed by atoms with van der Waals surface area (Å²) in [5.74, 6) is -0.898. The van der Waals surface area contributed by atoms with E-state index in [0.717, 1.165) is 19.5 Å². The number of carbonyl (C=O) groups excluding carboxylic acids is 1. The summed E-state index contributed by atoms with van der Waals surface area (Å²) in [6, 6.07) is 0.345. The molecule has 3 nitrogen and oxygen atoms in total. The van der Waals surface area contributed by atoms with Crippen molar-refractivity contribution in [1.82, 2.24) is 4.90 Å². The molecule has 1 unspecified atom stereocenters. The van der Waals surface area contributed by atoms with E-state index in [-0.39, 0.29) is 57.8 Å². The summed E-state index contributed by atoms with van der Waals surface area (Å²) < 4.78 is 0. The van der Waals surface area contributed by atoms with Crippen LogP contribution >= 0.6 is 0 Å². The Morgan fingerprint density at radius 2 is 0.545 bits per heavy atom. The smallest absolute Gasteiger partial charge is 0.550 e. The number of carboxylic acids is 1. The van der Waals surface area contributed by atoms with Crippen molar-refractivity contribution < 1.29 is 61.3 Å². The Labute approximate surface area is 391 Å². The number of carbonyl (C=O) groups is 1. The third kappa shape index (κ3) is 49.3. The van der Waals surface area contributed by atoms with Gasteiger partial charge in [-0.3, -0.25) is 0 Å². The molecule has 0 aliphatic carbocycles. The van der Waals surface area contributed by atoms with Crippen LogP contribution in [0.15, 0.2) is 0 Å². The average molecular weight is 800 g/mol. The van der Waals surface area contributed by atoms with Crippen LogP contribution in [0.4, 0.5) is 0 Å².